The van der Waals surface area contributed by atoms with Gasteiger partial charge in [0.05, 0.1) is 10.2 Å². The van der Waals surface area contributed by atoms with Crippen molar-refractivity contribution < 1.29 is 4.79 Å². The van der Waals surface area contributed by atoms with Gasteiger partial charge in [-0.2, -0.15) is 5.10 Å². The fraction of sp³-hybridized carbons (Fsp3) is 0.450. The van der Waals surface area contributed by atoms with Gasteiger partial charge in [-0.1, -0.05) is 31.3 Å². The fourth-order valence-corrected chi connectivity index (χ4v) is 4.25. The molecule has 0 unspecified atom stereocenters. The maximum atomic E-state index is 13.2. The van der Waals surface area contributed by atoms with Gasteiger partial charge in [-0.3, -0.25) is 14.4 Å². The number of aryl methyl sites for hydroxylation is 3. The minimum atomic E-state index is -0.101. The molecule has 144 valence electrons. The summed E-state index contributed by atoms with van der Waals surface area (Å²) in [5.74, 6) is -0.101. The van der Waals surface area contributed by atoms with Gasteiger partial charge in [-0.15, -0.1) is 0 Å². The van der Waals surface area contributed by atoms with Gasteiger partial charge >= 0.3 is 0 Å². The van der Waals surface area contributed by atoms with E-state index in [-0.39, 0.29) is 5.91 Å². The number of likely N-dealkylation sites (N-methyl/N-ethyl adjacent to an activating group) is 1. The maximum absolute atomic E-state index is 13.2. The smallest absolute Gasteiger partial charge is 0.280 e. The van der Waals surface area contributed by atoms with Crippen LogP contribution in [0.1, 0.15) is 35.5 Å². The van der Waals surface area contributed by atoms with Crippen LogP contribution in [0.3, 0.4) is 0 Å². The van der Waals surface area contributed by atoms with Crippen LogP contribution in [0.15, 0.2) is 24.4 Å². The Morgan fingerprint density at radius 1 is 1.19 bits per heavy atom. The van der Waals surface area contributed by atoms with Gasteiger partial charge < -0.3 is 4.90 Å². The van der Waals surface area contributed by atoms with E-state index >= 15 is 0 Å². The Kier molecular flexibility index (Phi) is 5.92. The number of hydrogen-bond donors (Lipinski definition) is 0. The SMILES string of the molecule is CCN(CC)CCN(C(=O)c1ccn(C)n1)c1nc2cc(C)cc(C)c2s1. The first-order valence-electron chi connectivity index (χ1n) is 9.34. The normalized spacial score (nSPS) is 11.5. The molecule has 0 fully saturated rings. The maximum Gasteiger partial charge on any atom is 0.280 e. The molecule has 0 atom stereocenters. The lowest BCUT2D eigenvalue weighted by Crippen LogP contribution is -2.39. The second-order valence-electron chi connectivity index (χ2n) is 6.78. The minimum Gasteiger partial charge on any atom is -0.302 e. The predicted octanol–water partition coefficient (Wildman–Crippen LogP) is 3.64. The lowest BCUT2D eigenvalue weighted by Gasteiger charge is -2.24. The van der Waals surface area contributed by atoms with E-state index in [4.69, 9.17) is 4.98 Å². The highest BCUT2D eigenvalue weighted by Crippen LogP contribution is 2.32. The summed E-state index contributed by atoms with van der Waals surface area (Å²) in [5.41, 5.74) is 3.78. The zero-order valence-electron chi connectivity index (χ0n) is 16.7. The fourth-order valence-electron chi connectivity index (χ4n) is 3.21. The Labute approximate surface area is 164 Å². The number of carbonyl (C=O) groups is 1. The van der Waals surface area contributed by atoms with Gasteiger partial charge in [-0.25, -0.2) is 4.98 Å². The Balaban J connectivity index is 1.98. The largest absolute Gasteiger partial charge is 0.302 e. The first kappa shape index (κ1) is 19.5. The van der Waals surface area contributed by atoms with Crippen LogP contribution in [0.4, 0.5) is 5.13 Å². The van der Waals surface area contributed by atoms with E-state index in [1.807, 2.05) is 7.05 Å². The molecule has 2 heterocycles. The molecule has 7 heteroatoms. The van der Waals surface area contributed by atoms with Gasteiger partial charge in [-0.05, 0) is 50.2 Å². The molecule has 0 saturated heterocycles. The van der Waals surface area contributed by atoms with Crippen LogP contribution < -0.4 is 4.90 Å². The van der Waals surface area contributed by atoms with Crippen molar-refractivity contribution in [3.8, 4) is 0 Å². The van der Waals surface area contributed by atoms with E-state index in [9.17, 15) is 4.79 Å². The van der Waals surface area contributed by atoms with Crippen molar-refractivity contribution >= 4 is 32.6 Å². The molecular weight excluding hydrogens is 358 g/mol. The molecule has 0 N–H and O–H groups in total. The molecule has 0 aliphatic carbocycles. The number of rotatable bonds is 7. The molecule has 0 aliphatic heterocycles. The topological polar surface area (TPSA) is 54.3 Å². The van der Waals surface area contributed by atoms with Crippen molar-refractivity contribution in [1.29, 1.82) is 0 Å². The molecule has 3 aromatic rings. The van der Waals surface area contributed by atoms with Crippen LogP contribution in [-0.4, -0.2) is 51.8 Å². The second kappa shape index (κ2) is 8.19. The molecule has 1 aromatic carbocycles. The number of anilines is 1. The molecule has 0 saturated carbocycles. The van der Waals surface area contributed by atoms with Crippen LogP contribution >= 0.6 is 11.3 Å². The Bertz CT molecular complexity index is 941. The highest BCUT2D eigenvalue weighted by molar-refractivity contribution is 7.22. The molecule has 6 nitrogen and oxygen atoms in total. The monoisotopic (exact) mass is 385 g/mol. The summed E-state index contributed by atoms with van der Waals surface area (Å²) in [4.78, 5) is 22.0. The predicted molar refractivity (Wildman–Crippen MR) is 112 cm³/mol. The van der Waals surface area contributed by atoms with E-state index in [0.29, 0.717) is 12.2 Å². The van der Waals surface area contributed by atoms with Gasteiger partial charge in [0.1, 0.15) is 0 Å². The number of fused-ring (bicyclic) bond motifs is 1. The summed E-state index contributed by atoms with van der Waals surface area (Å²) in [6.45, 7) is 11.8. The third-order valence-electron chi connectivity index (χ3n) is 4.75. The highest BCUT2D eigenvalue weighted by atomic mass is 32.1. The van der Waals surface area contributed by atoms with E-state index in [1.54, 1.807) is 33.2 Å². The zero-order chi connectivity index (χ0) is 19.6. The van der Waals surface area contributed by atoms with Crippen molar-refractivity contribution in [1.82, 2.24) is 19.7 Å². The number of nitrogens with zero attached hydrogens (tertiary/aromatic N) is 5. The molecule has 0 radical (unpaired) electrons. The van der Waals surface area contributed by atoms with Crippen molar-refractivity contribution in [2.45, 2.75) is 27.7 Å². The number of carbonyl (C=O) groups excluding carboxylic acids is 1. The molecule has 0 bridgehead atoms. The van der Waals surface area contributed by atoms with Crippen LogP contribution in [0.2, 0.25) is 0 Å². The Morgan fingerprint density at radius 2 is 1.93 bits per heavy atom. The number of hydrogen-bond acceptors (Lipinski definition) is 5. The molecule has 0 spiro atoms. The summed E-state index contributed by atoms with van der Waals surface area (Å²) >= 11 is 1.58. The van der Waals surface area contributed by atoms with Crippen LogP contribution in [0, 0.1) is 13.8 Å². The van der Waals surface area contributed by atoms with E-state index in [1.165, 1.54) is 11.1 Å². The van der Waals surface area contributed by atoms with Crippen molar-refractivity contribution in [3.63, 3.8) is 0 Å². The molecular formula is C20H27N5OS. The summed E-state index contributed by atoms with van der Waals surface area (Å²) in [7, 11) is 1.82. The van der Waals surface area contributed by atoms with E-state index < -0.39 is 0 Å². The minimum absolute atomic E-state index is 0.101. The first-order valence-corrected chi connectivity index (χ1v) is 10.2. The third kappa shape index (κ3) is 4.20. The number of amides is 1. The number of benzene rings is 1. The van der Waals surface area contributed by atoms with Gasteiger partial charge in [0, 0.05) is 26.3 Å². The molecule has 2 aromatic heterocycles. The van der Waals surface area contributed by atoms with Gasteiger partial charge in [0.2, 0.25) is 0 Å². The highest BCUT2D eigenvalue weighted by Gasteiger charge is 2.24. The lowest BCUT2D eigenvalue weighted by molar-refractivity contribution is 0.0978. The average Bonchev–Trinajstić information content (AvgIpc) is 3.25. The Morgan fingerprint density at radius 3 is 2.56 bits per heavy atom. The lowest BCUT2D eigenvalue weighted by atomic mass is 10.1. The summed E-state index contributed by atoms with van der Waals surface area (Å²) in [5, 5.41) is 5.04. The molecule has 3 rings (SSSR count). The molecule has 1 amide bonds. The van der Waals surface area contributed by atoms with Crippen LogP contribution in [0.25, 0.3) is 10.2 Å². The first-order chi connectivity index (χ1) is 12.9. The summed E-state index contributed by atoms with van der Waals surface area (Å²) < 4.78 is 2.79. The molecule has 0 aliphatic rings. The van der Waals surface area contributed by atoms with Crippen LogP contribution in [-0.2, 0) is 7.05 Å². The Hall–Kier alpha value is -2.25. The summed E-state index contributed by atoms with van der Waals surface area (Å²) in [6, 6.07) is 6.00. The van der Waals surface area contributed by atoms with Crippen LogP contribution in [0.5, 0.6) is 0 Å². The number of aromatic nitrogens is 3. The van der Waals surface area contributed by atoms with Gasteiger partial charge in [0.25, 0.3) is 5.91 Å². The quantitative estimate of drug-likeness (QED) is 0.623. The van der Waals surface area contributed by atoms with E-state index in [2.05, 4.69) is 49.8 Å². The van der Waals surface area contributed by atoms with Crippen molar-refractivity contribution in [2.24, 2.45) is 7.05 Å². The zero-order valence-corrected chi connectivity index (χ0v) is 17.5. The van der Waals surface area contributed by atoms with Gasteiger partial charge in [0.15, 0.2) is 10.8 Å². The number of thiazole rings is 1. The standard InChI is InChI=1S/C20H27N5OS/c1-6-24(7-2)10-11-25(19(26)16-8-9-23(5)22-16)20-21-17-13-14(3)12-15(4)18(17)27-20/h8-9,12-13H,6-7,10-11H2,1-5H3. The molecule has 27 heavy (non-hydrogen) atoms. The summed E-state index contributed by atoms with van der Waals surface area (Å²) in [6.07, 6.45) is 1.79. The van der Waals surface area contributed by atoms with Crippen molar-refractivity contribution in [3.05, 3.63) is 41.2 Å². The van der Waals surface area contributed by atoms with E-state index in [0.717, 1.165) is 35.0 Å². The second-order valence-corrected chi connectivity index (χ2v) is 7.76. The third-order valence-corrected chi connectivity index (χ3v) is 5.98. The average molecular weight is 386 g/mol. The van der Waals surface area contributed by atoms with Crippen molar-refractivity contribution in [2.75, 3.05) is 31.1 Å².